The Morgan fingerprint density at radius 3 is 2.45 bits per heavy atom. The van der Waals surface area contributed by atoms with Crippen molar-refractivity contribution in [2.75, 3.05) is 20.2 Å². The van der Waals surface area contributed by atoms with Crippen molar-refractivity contribution in [1.82, 2.24) is 4.31 Å². The number of nitrogens with two attached hydrogens (primary N) is 1. The predicted molar refractivity (Wildman–Crippen MR) is 78.5 cm³/mol. The molecule has 0 radical (unpaired) electrons. The Labute approximate surface area is 129 Å². The number of methoxy groups -OCH3 is 1. The largest absolute Gasteiger partial charge is 0.465 e. The summed E-state index contributed by atoms with van der Waals surface area (Å²) in [7, 11) is -2.45. The van der Waals surface area contributed by atoms with Crippen LogP contribution in [0.4, 0.5) is 0 Å². The van der Waals surface area contributed by atoms with Crippen molar-refractivity contribution in [1.29, 1.82) is 0 Å². The number of sulfonamides is 1. The second kappa shape index (κ2) is 6.45. The van der Waals surface area contributed by atoms with Crippen LogP contribution in [-0.2, 0) is 19.6 Å². The van der Waals surface area contributed by atoms with Gasteiger partial charge in [-0.05, 0) is 37.1 Å². The number of carbonyl (C=O) groups excluding carboxylic acids is 2. The van der Waals surface area contributed by atoms with Crippen LogP contribution in [0.1, 0.15) is 23.2 Å². The molecule has 1 amide bonds. The normalized spacial score (nSPS) is 19.6. The second-order valence-corrected chi connectivity index (χ2v) is 7.06. The van der Waals surface area contributed by atoms with Gasteiger partial charge in [0, 0.05) is 13.1 Å². The van der Waals surface area contributed by atoms with Crippen LogP contribution in [0.5, 0.6) is 0 Å². The monoisotopic (exact) mass is 326 g/mol. The van der Waals surface area contributed by atoms with Gasteiger partial charge in [0.25, 0.3) is 0 Å². The fourth-order valence-corrected chi connectivity index (χ4v) is 3.95. The van der Waals surface area contributed by atoms with Gasteiger partial charge in [0.2, 0.25) is 15.9 Å². The highest BCUT2D eigenvalue weighted by Gasteiger charge is 2.32. The van der Waals surface area contributed by atoms with Gasteiger partial charge in [-0.1, -0.05) is 0 Å². The molecule has 1 atom stereocenters. The number of primary amides is 1. The maximum absolute atomic E-state index is 12.6. The summed E-state index contributed by atoms with van der Waals surface area (Å²) in [5.74, 6) is -1.48. The Bertz CT molecular complexity index is 669. The molecule has 2 N–H and O–H groups in total. The summed E-state index contributed by atoms with van der Waals surface area (Å²) in [6.45, 7) is 0.446. The Morgan fingerprint density at radius 2 is 1.91 bits per heavy atom. The average molecular weight is 326 g/mol. The summed E-state index contributed by atoms with van der Waals surface area (Å²) >= 11 is 0. The lowest BCUT2D eigenvalue weighted by molar-refractivity contribution is -0.122. The number of piperidine rings is 1. The summed E-state index contributed by atoms with van der Waals surface area (Å²) < 4.78 is 31.0. The fourth-order valence-electron chi connectivity index (χ4n) is 2.42. The van der Waals surface area contributed by atoms with E-state index in [-0.39, 0.29) is 17.0 Å². The number of hydrogen-bond acceptors (Lipinski definition) is 5. The minimum atomic E-state index is -3.70. The first-order valence-corrected chi connectivity index (χ1v) is 8.28. The average Bonchev–Trinajstić information content (AvgIpc) is 2.54. The number of ether oxygens (including phenoxy) is 1. The van der Waals surface area contributed by atoms with E-state index in [2.05, 4.69) is 4.74 Å². The van der Waals surface area contributed by atoms with Gasteiger partial charge in [0.05, 0.1) is 23.5 Å². The van der Waals surface area contributed by atoms with E-state index in [1.54, 1.807) is 0 Å². The first-order chi connectivity index (χ1) is 10.4. The molecule has 0 bridgehead atoms. The molecule has 0 aromatic heterocycles. The van der Waals surface area contributed by atoms with Gasteiger partial charge in [-0.25, -0.2) is 13.2 Å². The molecule has 22 heavy (non-hydrogen) atoms. The first kappa shape index (κ1) is 16.4. The zero-order valence-corrected chi connectivity index (χ0v) is 13.0. The van der Waals surface area contributed by atoms with Crippen molar-refractivity contribution < 1.29 is 22.7 Å². The van der Waals surface area contributed by atoms with Crippen molar-refractivity contribution in [2.45, 2.75) is 17.7 Å². The molecular weight excluding hydrogens is 308 g/mol. The molecular formula is C14H18N2O5S. The molecule has 1 aromatic rings. The molecule has 0 saturated carbocycles. The topological polar surface area (TPSA) is 107 Å². The van der Waals surface area contributed by atoms with Crippen LogP contribution in [0.25, 0.3) is 0 Å². The molecule has 8 heteroatoms. The molecule has 0 spiro atoms. The van der Waals surface area contributed by atoms with Gasteiger partial charge >= 0.3 is 5.97 Å². The van der Waals surface area contributed by atoms with Crippen LogP contribution in [0.15, 0.2) is 29.2 Å². The SMILES string of the molecule is COC(=O)c1ccc(S(=O)(=O)N2CCC[C@H](C(N)=O)C2)cc1. The van der Waals surface area contributed by atoms with Gasteiger partial charge in [-0.2, -0.15) is 4.31 Å². The van der Waals surface area contributed by atoms with E-state index < -0.39 is 27.8 Å². The van der Waals surface area contributed by atoms with Crippen molar-refractivity contribution in [2.24, 2.45) is 11.7 Å². The van der Waals surface area contributed by atoms with Gasteiger partial charge in [-0.3, -0.25) is 4.79 Å². The maximum Gasteiger partial charge on any atom is 0.337 e. The van der Waals surface area contributed by atoms with Crippen LogP contribution in [0, 0.1) is 5.92 Å². The molecule has 1 aromatic carbocycles. The third-order valence-electron chi connectivity index (χ3n) is 3.70. The molecule has 120 valence electrons. The van der Waals surface area contributed by atoms with E-state index in [9.17, 15) is 18.0 Å². The van der Waals surface area contributed by atoms with Crippen LogP contribution in [0.2, 0.25) is 0 Å². The number of nitrogens with zero attached hydrogens (tertiary/aromatic N) is 1. The van der Waals surface area contributed by atoms with Crippen LogP contribution in [0.3, 0.4) is 0 Å². The van der Waals surface area contributed by atoms with Crippen LogP contribution >= 0.6 is 0 Å². The van der Waals surface area contributed by atoms with Crippen molar-refractivity contribution in [3.8, 4) is 0 Å². The zero-order valence-electron chi connectivity index (χ0n) is 12.2. The first-order valence-electron chi connectivity index (χ1n) is 6.84. The third kappa shape index (κ3) is 3.28. The molecule has 1 fully saturated rings. The minimum Gasteiger partial charge on any atom is -0.465 e. The van der Waals surface area contributed by atoms with Crippen LogP contribution < -0.4 is 5.73 Å². The number of amides is 1. The van der Waals surface area contributed by atoms with E-state index in [4.69, 9.17) is 5.73 Å². The molecule has 7 nitrogen and oxygen atoms in total. The summed E-state index contributed by atoms with van der Waals surface area (Å²) in [6, 6.07) is 5.51. The molecule has 2 rings (SSSR count). The van der Waals surface area contributed by atoms with Gasteiger partial charge < -0.3 is 10.5 Å². The Morgan fingerprint density at radius 1 is 1.27 bits per heavy atom. The molecule has 0 unspecified atom stereocenters. The number of carbonyl (C=O) groups is 2. The number of benzene rings is 1. The maximum atomic E-state index is 12.6. The summed E-state index contributed by atoms with van der Waals surface area (Å²) in [6.07, 6.45) is 1.19. The molecule has 1 aliphatic rings. The summed E-state index contributed by atoms with van der Waals surface area (Å²) in [4.78, 5) is 22.7. The number of hydrogen-bond donors (Lipinski definition) is 1. The predicted octanol–water partition coefficient (Wildman–Crippen LogP) is 0.359. The Hall–Kier alpha value is -1.93. The van der Waals surface area contributed by atoms with Gasteiger partial charge in [0.1, 0.15) is 0 Å². The van der Waals surface area contributed by atoms with E-state index in [0.717, 1.165) is 0 Å². The Balaban J connectivity index is 2.22. The van der Waals surface area contributed by atoms with Crippen molar-refractivity contribution in [3.05, 3.63) is 29.8 Å². The third-order valence-corrected chi connectivity index (χ3v) is 5.58. The highest BCUT2D eigenvalue weighted by atomic mass is 32.2. The van der Waals surface area contributed by atoms with Crippen LogP contribution in [-0.4, -0.2) is 44.8 Å². The lowest BCUT2D eigenvalue weighted by Gasteiger charge is -2.30. The highest BCUT2D eigenvalue weighted by Crippen LogP contribution is 2.24. The van der Waals surface area contributed by atoms with E-state index in [1.165, 1.54) is 35.7 Å². The highest BCUT2D eigenvalue weighted by molar-refractivity contribution is 7.89. The Kier molecular flexibility index (Phi) is 4.82. The minimum absolute atomic E-state index is 0.0743. The fraction of sp³-hybridized carbons (Fsp3) is 0.429. The molecule has 1 heterocycles. The van der Waals surface area contributed by atoms with Crippen molar-refractivity contribution in [3.63, 3.8) is 0 Å². The van der Waals surface area contributed by atoms with Gasteiger partial charge in [-0.15, -0.1) is 0 Å². The number of rotatable bonds is 4. The molecule has 1 saturated heterocycles. The number of esters is 1. The molecule has 0 aliphatic carbocycles. The van der Waals surface area contributed by atoms with Crippen molar-refractivity contribution >= 4 is 21.9 Å². The van der Waals surface area contributed by atoms with E-state index >= 15 is 0 Å². The van der Waals surface area contributed by atoms with Gasteiger partial charge in [0.15, 0.2) is 0 Å². The zero-order chi connectivity index (χ0) is 16.3. The molecule has 1 aliphatic heterocycles. The van der Waals surface area contributed by atoms with E-state index in [1.807, 2.05) is 0 Å². The quantitative estimate of drug-likeness (QED) is 0.804. The summed E-state index contributed by atoms with van der Waals surface area (Å²) in [5.41, 5.74) is 5.54. The second-order valence-electron chi connectivity index (χ2n) is 5.12. The smallest absolute Gasteiger partial charge is 0.337 e. The standard InChI is InChI=1S/C14H18N2O5S/c1-21-14(18)10-4-6-12(7-5-10)22(19,20)16-8-2-3-11(9-16)13(15)17/h4-7,11H,2-3,8-9H2,1H3,(H2,15,17)/t11-/m0/s1. The summed E-state index contributed by atoms with van der Waals surface area (Å²) in [5, 5.41) is 0. The van der Waals surface area contributed by atoms with E-state index in [0.29, 0.717) is 19.4 Å². The lowest BCUT2D eigenvalue weighted by Crippen LogP contribution is -2.44. The lowest BCUT2D eigenvalue weighted by atomic mass is 9.99.